The average Bonchev–Trinajstić information content (AvgIpc) is 3.14. The molecular weight excluding hydrogens is 409 g/mol. The quantitative estimate of drug-likeness (QED) is 0.805. The van der Waals surface area contributed by atoms with Crippen LogP contribution in [0, 0.1) is 11.7 Å². The third-order valence-electron chi connectivity index (χ3n) is 5.61. The first kappa shape index (κ1) is 22.1. The lowest BCUT2D eigenvalue weighted by atomic mass is 9.99. The number of methoxy groups -OCH3 is 1. The highest BCUT2D eigenvalue weighted by Gasteiger charge is 2.40. The first-order valence-electron chi connectivity index (χ1n) is 9.78. The fourth-order valence-corrected chi connectivity index (χ4v) is 4.17. The molecule has 0 radical (unpaired) electrons. The van der Waals surface area contributed by atoms with Gasteiger partial charge in [0.15, 0.2) is 0 Å². The second kappa shape index (κ2) is 9.45. The van der Waals surface area contributed by atoms with Crippen molar-refractivity contribution in [2.45, 2.75) is 12.5 Å². The number of amides is 2. The van der Waals surface area contributed by atoms with Crippen molar-refractivity contribution < 1.29 is 18.7 Å². The van der Waals surface area contributed by atoms with Gasteiger partial charge in [0.1, 0.15) is 11.6 Å². The molecule has 2 saturated heterocycles. The summed E-state index contributed by atoms with van der Waals surface area (Å²) in [7, 11) is 1.56. The maximum atomic E-state index is 13.7. The van der Waals surface area contributed by atoms with Crippen LogP contribution in [0.1, 0.15) is 18.0 Å². The first-order valence-corrected chi connectivity index (χ1v) is 9.78. The summed E-state index contributed by atoms with van der Waals surface area (Å²) in [6.45, 7) is 2.08. The van der Waals surface area contributed by atoms with Crippen molar-refractivity contribution in [3.63, 3.8) is 0 Å². The summed E-state index contributed by atoms with van der Waals surface area (Å²) in [6, 6.07) is 13.4. The molecule has 0 aliphatic carbocycles. The molecule has 30 heavy (non-hydrogen) atoms. The predicted molar refractivity (Wildman–Crippen MR) is 114 cm³/mol. The zero-order valence-electron chi connectivity index (χ0n) is 16.7. The van der Waals surface area contributed by atoms with Crippen LogP contribution in [-0.4, -0.2) is 50.0 Å². The molecule has 2 heterocycles. The molecule has 2 atom stereocenters. The van der Waals surface area contributed by atoms with Crippen molar-refractivity contribution in [2.24, 2.45) is 5.92 Å². The Balaban J connectivity index is 0.00000256. The predicted octanol–water partition coefficient (Wildman–Crippen LogP) is 2.78. The molecule has 2 aromatic rings. The summed E-state index contributed by atoms with van der Waals surface area (Å²) in [6.07, 6.45) is 0.163. The minimum absolute atomic E-state index is 0. The van der Waals surface area contributed by atoms with Crippen LogP contribution >= 0.6 is 12.4 Å². The molecule has 0 aromatic heterocycles. The van der Waals surface area contributed by atoms with Gasteiger partial charge in [-0.25, -0.2) is 4.39 Å². The minimum atomic E-state index is -0.429. The van der Waals surface area contributed by atoms with Crippen LogP contribution in [-0.2, 0) is 9.59 Å². The number of nitrogens with one attached hydrogen (secondary N) is 1. The van der Waals surface area contributed by atoms with Crippen molar-refractivity contribution in [1.29, 1.82) is 0 Å². The van der Waals surface area contributed by atoms with Gasteiger partial charge >= 0.3 is 0 Å². The Hall–Kier alpha value is -2.64. The van der Waals surface area contributed by atoms with Gasteiger partial charge in [-0.2, -0.15) is 0 Å². The number of piperazine rings is 1. The zero-order valence-corrected chi connectivity index (χ0v) is 17.5. The number of ether oxygens (including phenoxy) is 1. The fourth-order valence-electron chi connectivity index (χ4n) is 4.17. The molecule has 8 heteroatoms. The first-order chi connectivity index (χ1) is 14.1. The minimum Gasteiger partial charge on any atom is -0.495 e. The van der Waals surface area contributed by atoms with Gasteiger partial charge in [0.25, 0.3) is 0 Å². The maximum absolute atomic E-state index is 13.7. The third-order valence-corrected chi connectivity index (χ3v) is 5.61. The van der Waals surface area contributed by atoms with Crippen molar-refractivity contribution in [3.05, 3.63) is 59.9 Å². The van der Waals surface area contributed by atoms with Gasteiger partial charge in [0.05, 0.1) is 24.8 Å². The van der Waals surface area contributed by atoms with Crippen LogP contribution in [0.4, 0.5) is 10.1 Å². The number of hydrogen-bond donors (Lipinski definition) is 1. The van der Waals surface area contributed by atoms with Gasteiger partial charge in [-0.3, -0.25) is 9.59 Å². The van der Waals surface area contributed by atoms with E-state index in [9.17, 15) is 14.0 Å². The van der Waals surface area contributed by atoms with E-state index >= 15 is 0 Å². The largest absolute Gasteiger partial charge is 0.495 e. The van der Waals surface area contributed by atoms with Crippen LogP contribution < -0.4 is 15.0 Å². The molecule has 4 rings (SSSR count). The van der Waals surface area contributed by atoms with Gasteiger partial charge in [0.2, 0.25) is 11.8 Å². The van der Waals surface area contributed by atoms with E-state index in [0.29, 0.717) is 37.6 Å². The third kappa shape index (κ3) is 4.27. The highest BCUT2D eigenvalue weighted by Crippen LogP contribution is 2.34. The lowest BCUT2D eigenvalue weighted by Gasteiger charge is -2.38. The smallest absolute Gasteiger partial charge is 0.228 e. The molecule has 2 aliphatic rings. The monoisotopic (exact) mass is 433 g/mol. The number of halogens is 2. The standard InChI is InChI=1S/C22H24FN3O3.ClH/c1-29-20-8-3-2-7-18(20)26-14-16(12-21(26)27)22(28)25-10-9-24-13-19(25)15-5-4-6-17(23)11-15;/h2-8,11,16,19,24H,9-10,12-14H2,1H3;1H. The summed E-state index contributed by atoms with van der Waals surface area (Å²) < 4.78 is 19.1. The second-order valence-electron chi connectivity index (χ2n) is 7.38. The van der Waals surface area contributed by atoms with Crippen LogP contribution in [0.5, 0.6) is 5.75 Å². The van der Waals surface area contributed by atoms with E-state index in [1.165, 1.54) is 12.1 Å². The number of anilines is 1. The van der Waals surface area contributed by atoms with Gasteiger partial charge < -0.3 is 19.9 Å². The average molecular weight is 434 g/mol. The maximum Gasteiger partial charge on any atom is 0.228 e. The number of rotatable bonds is 4. The molecule has 2 unspecified atom stereocenters. The lowest BCUT2D eigenvalue weighted by Crippen LogP contribution is -2.50. The summed E-state index contributed by atoms with van der Waals surface area (Å²) in [5.74, 6) is -0.300. The van der Waals surface area contributed by atoms with Gasteiger partial charge in [-0.05, 0) is 29.8 Å². The van der Waals surface area contributed by atoms with E-state index in [1.807, 2.05) is 24.3 Å². The molecule has 2 aromatic carbocycles. The van der Waals surface area contributed by atoms with Crippen LogP contribution in [0.25, 0.3) is 0 Å². The Morgan fingerprint density at radius 2 is 2.00 bits per heavy atom. The second-order valence-corrected chi connectivity index (χ2v) is 7.38. The Bertz CT molecular complexity index is 926. The highest BCUT2D eigenvalue weighted by atomic mass is 35.5. The molecule has 0 spiro atoms. The zero-order chi connectivity index (χ0) is 20.4. The van der Waals surface area contributed by atoms with E-state index < -0.39 is 5.92 Å². The van der Waals surface area contributed by atoms with E-state index in [-0.39, 0.29) is 42.5 Å². The Kier molecular flexibility index (Phi) is 6.95. The van der Waals surface area contributed by atoms with Crippen LogP contribution in [0.2, 0.25) is 0 Å². The van der Waals surface area contributed by atoms with Crippen LogP contribution in [0.3, 0.4) is 0 Å². The van der Waals surface area contributed by atoms with E-state index in [1.54, 1.807) is 29.0 Å². The Morgan fingerprint density at radius 1 is 1.20 bits per heavy atom. The van der Waals surface area contributed by atoms with E-state index in [0.717, 1.165) is 5.56 Å². The molecule has 2 aliphatic heterocycles. The van der Waals surface area contributed by atoms with E-state index in [2.05, 4.69) is 5.32 Å². The molecular formula is C22H25ClFN3O3. The molecule has 6 nitrogen and oxygen atoms in total. The topological polar surface area (TPSA) is 61.9 Å². The lowest BCUT2D eigenvalue weighted by molar-refractivity contribution is -0.139. The molecule has 2 amide bonds. The summed E-state index contributed by atoms with van der Waals surface area (Å²) >= 11 is 0. The van der Waals surface area contributed by atoms with Crippen molar-refractivity contribution >= 4 is 29.9 Å². The normalized spacial score (nSPS) is 21.3. The number of benzene rings is 2. The number of para-hydroxylation sites is 2. The van der Waals surface area contributed by atoms with E-state index in [4.69, 9.17) is 4.74 Å². The molecule has 160 valence electrons. The molecule has 1 N–H and O–H groups in total. The van der Waals surface area contributed by atoms with Crippen molar-refractivity contribution in [3.8, 4) is 5.75 Å². The highest BCUT2D eigenvalue weighted by molar-refractivity contribution is 6.01. The van der Waals surface area contributed by atoms with Crippen molar-refractivity contribution in [1.82, 2.24) is 10.2 Å². The van der Waals surface area contributed by atoms with Crippen LogP contribution in [0.15, 0.2) is 48.5 Å². The Morgan fingerprint density at radius 3 is 2.77 bits per heavy atom. The van der Waals surface area contributed by atoms with Gasteiger partial charge in [-0.1, -0.05) is 24.3 Å². The van der Waals surface area contributed by atoms with Crippen molar-refractivity contribution in [2.75, 3.05) is 38.2 Å². The molecule has 0 bridgehead atoms. The summed E-state index contributed by atoms with van der Waals surface area (Å²) in [5.41, 5.74) is 1.44. The summed E-state index contributed by atoms with van der Waals surface area (Å²) in [5, 5.41) is 3.28. The number of nitrogens with zero attached hydrogens (tertiary/aromatic N) is 2. The fraction of sp³-hybridized carbons (Fsp3) is 0.364. The number of hydrogen-bond acceptors (Lipinski definition) is 4. The molecule has 0 saturated carbocycles. The van der Waals surface area contributed by atoms with Gasteiger partial charge in [-0.15, -0.1) is 12.4 Å². The van der Waals surface area contributed by atoms with Gasteiger partial charge in [0, 0.05) is 32.6 Å². The Labute approximate surface area is 181 Å². The number of carbonyl (C=O) groups excluding carboxylic acids is 2. The summed E-state index contributed by atoms with van der Waals surface area (Å²) in [4.78, 5) is 29.4. The molecule has 2 fully saturated rings. The number of carbonyl (C=O) groups is 2. The SMILES string of the molecule is COc1ccccc1N1CC(C(=O)N2CCNCC2c2cccc(F)c2)CC1=O.Cl.